The van der Waals surface area contributed by atoms with Gasteiger partial charge in [-0.3, -0.25) is 2.78 Å². The smallest absolute Gasteiger partial charge is 0.211 e. The normalized spacial score (nSPS) is 9.43. The molecule has 0 aliphatic rings. The van der Waals surface area contributed by atoms with Crippen molar-refractivity contribution in [3.8, 4) is 0 Å². The van der Waals surface area contributed by atoms with E-state index in [0.717, 1.165) is 0 Å². The fourth-order valence-electron chi connectivity index (χ4n) is 0.270. The second-order valence-electron chi connectivity index (χ2n) is 1.01. The third kappa shape index (κ3) is 1.07. The van der Waals surface area contributed by atoms with Crippen molar-refractivity contribution >= 4 is 34.5 Å². The molecule has 0 aromatic carbocycles. The minimum absolute atomic E-state index is 0.514. The number of rotatable bonds is 0. The monoisotopic (exact) mass is 228 g/mol. The molecule has 1 aromatic heterocycles. The van der Waals surface area contributed by atoms with E-state index in [1.807, 2.05) is 22.9 Å². The lowest BCUT2D eigenvalue weighted by atomic mass is 11.0. The van der Waals surface area contributed by atoms with Crippen LogP contribution < -0.4 is 0 Å². The second kappa shape index (κ2) is 2.00. The molecule has 0 fully saturated rings. The Hall–Kier alpha value is 0.230. The zero-order chi connectivity index (χ0) is 5.28. The maximum Gasteiger partial charge on any atom is 0.211 e. The molecule has 38 valence electrons. The molecule has 1 aromatic rings. The first-order valence-electron chi connectivity index (χ1n) is 1.65. The Kier molecular flexibility index (Phi) is 1.53. The van der Waals surface area contributed by atoms with Crippen molar-refractivity contribution in [2.75, 3.05) is 0 Å². The average molecular weight is 228 g/mol. The van der Waals surface area contributed by atoms with Crippen molar-refractivity contribution in [2.24, 2.45) is 0 Å². The molecule has 0 radical (unpaired) electrons. The van der Waals surface area contributed by atoms with Gasteiger partial charge >= 0.3 is 0 Å². The molecule has 0 spiro atoms. The van der Waals surface area contributed by atoms with Crippen LogP contribution in [0.1, 0.15) is 0 Å². The van der Waals surface area contributed by atoms with Gasteiger partial charge in [-0.05, 0) is 11.6 Å². The summed E-state index contributed by atoms with van der Waals surface area (Å²) in [5.74, 6) is 0. The van der Waals surface area contributed by atoms with Crippen LogP contribution in [0.15, 0.2) is 12.4 Å². The summed E-state index contributed by atoms with van der Waals surface area (Å²) in [6, 6.07) is 0. The largest absolute Gasteiger partial charge is 0.263 e. The second-order valence-corrected chi connectivity index (χ2v) is 2.39. The number of imidazole rings is 1. The molecule has 2 nitrogen and oxygen atoms in total. The van der Waals surface area contributed by atoms with E-state index in [1.54, 1.807) is 15.2 Å². The van der Waals surface area contributed by atoms with E-state index >= 15 is 0 Å². The van der Waals surface area contributed by atoms with E-state index in [2.05, 4.69) is 4.98 Å². The van der Waals surface area contributed by atoms with Crippen LogP contribution in [-0.4, -0.2) is 7.76 Å². The maximum atomic E-state index is 5.47. The topological polar surface area (TPSA) is 17.8 Å². The summed E-state index contributed by atoms with van der Waals surface area (Å²) in [6.07, 6.45) is 3.43. The van der Waals surface area contributed by atoms with Crippen molar-refractivity contribution in [3.05, 3.63) is 17.7 Å². The Labute approximate surface area is 60.0 Å². The maximum absolute atomic E-state index is 5.47. The standard InChI is InChI=1S/C3H2ClIN2/c4-3-6-1-2-7(3)5/h1-2H. The lowest BCUT2D eigenvalue weighted by Crippen LogP contribution is -1.70. The molecule has 0 atom stereocenters. The van der Waals surface area contributed by atoms with Crippen molar-refractivity contribution < 1.29 is 0 Å². The highest BCUT2D eigenvalue weighted by Gasteiger charge is 1.89. The highest BCUT2D eigenvalue weighted by molar-refractivity contribution is 14.1. The quantitative estimate of drug-likeness (QED) is 0.619. The molecule has 0 bridgehead atoms. The number of hydrogen-bond acceptors (Lipinski definition) is 1. The van der Waals surface area contributed by atoms with Crippen LogP contribution in [0.3, 0.4) is 0 Å². The summed E-state index contributed by atoms with van der Waals surface area (Å²) in [5.41, 5.74) is 0. The molecular formula is C3H2ClIN2. The Bertz CT molecular complexity index is 145. The summed E-state index contributed by atoms with van der Waals surface area (Å²) < 4.78 is 1.71. The van der Waals surface area contributed by atoms with Gasteiger partial charge in [-0.15, -0.1) is 0 Å². The summed E-state index contributed by atoms with van der Waals surface area (Å²) in [7, 11) is 0. The molecule has 0 saturated heterocycles. The van der Waals surface area contributed by atoms with E-state index in [4.69, 9.17) is 11.6 Å². The van der Waals surface area contributed by atoms with Gasteiger partial charge in [0.25, 0.3) is 0 Å². The van der Waals surface area contributed by atoms with Crippen molar-refractivity contribution in [2.45, 2.75) is 0 Å². The first-order chi connectivity index (χ1) is 3.30. The van der Waals surface area contributed by atoms with E-state index in [-0.39, 0.29) is 0 Å². The zero-order valence-electron chi connectivity index (χ0n) is 3.31. The molecular weight excluding hydrogens is 226 g/mol. The molecule has 0 saturated carbocycles. The van der Waals surface area contributed by atoms with E-state index < -0.39 is 0 Å². The van der Waals surface area contributed by atoms with Crippen LogP contribution in [-0.2, 0) is 0 Å². The van der Waals surface area contributed by atoms with Crippen molar-refractivity contribution in [3.63, 3.8) is 0 Å². The van der Waals surface area contributed by atoms with Gasteiger partial charge in [0.15, 0.2) is 0 Å². The molecule has 0 aliphatic heterocycles. The van der Waals surface area contributed by atoms with Gasteiger partial charge in [0, 0.05) is 12.4 Å². The van der Waals surface area contributed by atoms with Gasteiger partial charge in [0.05, 0.1) is 22.9 Å². The lowest BCUT2D eigenvalue weighted by molar-refractivity contribution is 1.28. The Balaban J connectivity index is 3.12. The van der Waals surface area contributed by atoms with Crippen LogP contribution in [0.5, 0.6) is 0 Å². The molecule has 1 rings (SSSR count). The van der Waals surface area contributed by atoms with Crippen LogP contribution >= 0.6 is 34.5 Å². The highest BCUT2D eigenvalue weighted by atomic mass is 127. The first-order valence-corrected chi connectivity index (χ1v) is 3.00. The van der Waals surface area contributed by atoms with Gasteiger partial charge in [0.2, 0.25) is 5.28 Å². The van der Waals surface area contributed by atoms with E-state index in [0.29, 0.717) is 5.28 Å². The Morgan fingerprint density at radius 2 is 2.57 bits per heavy atom. The Morgan fingerprint density at radius 3 is 2.71 bits per heavy atom. The number of halogens is 2. The van der Waals surface area contributed by atoms with E-state index in [1.165, 1.54) is 0 Å². The number of aromatic nitrogens is 2. The highest BCUT2D eigenvalue weighted by Crippen LogP contribution is 2.06. The fourth-order valence-corrected chi connectivity index (χ4v) is 0.651. The summed E-state index contributed by atoms with van der Waals surface area (Å²) in [4.78, 5) is 3.74. The zero-order valence-corrected chi connectivity index (χ0v) is 6.22. The van der Waals surface area contributed by atoms with Gasteiger partial charge in [-0.25, -0.2) is 4.98 Å². The molecule has 0 unspecified atom stereocenters. The minimum atomic E-state index is 0.514. The predicted molar refractivity (Wildman–Crippen MR) is 36.7 cm³/mol. The van der Waals surface area contributed by atoms with E-state index in [9.17, 15) is 0 Å². The van der Waals surface area contributed by atoms with Gasteiger partial charge in [-0.2, -0.15) is 0 Å². The molecule has 1 heterocycles. The fraction of sp³-hybridized carbons (Fsp3) is 0. The van der Waals surface area contributed by atoms with Crippen molar-refractivity contribution in [1.29, 1.82) is 0 Å². The summed E-state index contributed by atoms with van der Waals surface area (Å²) in [5, 5.41) is 0.514. The first kappa shape index (κ1) is 5.37. The van der Waals surface area contributed by atoms with Gasteiger partial charge in [0.1, 0.15) is 0 Å². The van der Waals surface area contributed by atoms with Crippen LogP contribution in [0.25, 0.3) is 0 Å². The predicted octanol–water partition coefficient (Wildman–Crippen LogP) is 1.73. The third-order valence-corrected chi connectivity index (χ3v) is 1.90. The minimum Gasteiger partial charge on any atom is -0.263 e. The summed E-state index contributed by atoms with van der Waals surface area (Å²) >= 11 is 7.51. The lowest BCUT2D eigenvalue weighted by Gasteiger charge is -1.81. The number of nitrogens with zero attached hydrogens (tertiary/aromatic N) is 2. The summed E-state index contributed by atoms with van der Waals surface area (Å²) in [6.45, 7) is 0. The molecule has 7 heavy (non-hydrogen) atoms. The molecule has 0 aliphatic carbocycles. The molecule has 0 amide bonds. The van der Waals surface area contributed by atoms with Crippen LogP contribution in [0.2, 0.25) is 5.28 Å². The van der Waals surface area contributed by atoms with Crippen LogP contribution in [0.4, 0.5) is 0 Å². The van der Waals surface area contributed by atoms with Crippen LogP contribution in [0, 0.1) is 0 Å². The average Bonchev–Trinajstić information content (AvgIpc) is 1.91. The number of hydrogen-bond donors (Lipinski definition) is 0. The molecule has 4 heteroatoms. The van der Waals surface area contributed by atoms with Gasteiger partial charge in [-0.1, -0.05) is 0 Å². The third-order valence-electron chi connectivity index (χ3n) is 0.555. The Morgan fingerprint density at radius 1 is 1.86 bits per heavy atom. The van der Waals surface area contributed by atoms with Gasteiger partial charge < -0.3 is 0 Å². The van der Waals surface area contributed by atoms with Crippen molar-refractivity contribution in [1.82, 2.24) is 7.76 Å². The SMILES string of the molecule is Clc1nccn1I. The molecule has 0 N–H and O–H groups in total.